The van der Waals surface area contributed by atoms with Crippen molar-refractivity contribution in [3.8, 4) is 0 Å². The van der Waals surface area contributed by atoms with Crippen LogP contribution < -0.4 is 0 Å². The maximum atomic E-state index is 11.2. The van der Waals surface area contributed by atoms with E-state index in [4.69, 9.17) is 11.6 Å². The van der Waals surface area contributed by atoms with Gasteiger partial charge in [-0.3, -0.25) is 4.79 Å². The first-order chi connectivity index (χ1) is 5.46. The molecule has 70 valence electrons. The van der Waals surface area contributed by atoms with Gasteiger partial charge in [-0.15, -0.1) is 0 Å². The molecular formula is C8H11Br2ClO. The summed E-state index contributed by atoms with van der Waals surface area (Å²) < 4.78 is -0.221. The Labute approximate surface area is 94.5 Å². The zero-order chi connectivity index (χ0) is 9.41. The van der Waals surface area contributed by atoms with Gasteiger partial charge in [-0.2, -0.15) is 0 Å². The molecule has 0 saturated heterocycles. The summed E-state index contributed by atoms with van der Waals surface area (Å²) in [5.74, 6) is 0. The van der Waals surface area contributed by atoms with Gasteiger partial charge >= 0.3 is 0 Å². The quantitative estimate of drug-likeness (QED) is 0.569. The van der Waals surface area contributed by atoms with Crippen molar-refractivity contribution in [2.24, 2.45) is 5.41 Å². The number of halogens is 3. The lowest BCUT2D eigenvalue weighted by atomic mass is 10.0. The van der Waals surface area contributed by atoms with Crippen LogP contribution in [0.2, 0.25) is 0 Å². The van der Waals surface area contributed by atoms with Gasteiger partial charge in [-0.05, 0) is 24.4 Å². The topological polar surface area (TPSA) is 17.1 Å². The number of hydrogen-bond donors (Lipinski definition) is 0. The van der Waals surface area contributed by atoms with Crippen LogP contribution in [0.3, 0.4) is 0 Å². The molecule has 0 aromatic rings. The van der Waals surface area contributed by atoms with Gasteiger partial charge in [0.1, 0.15) is 0 Å². The summed E-state index contributed by atoms with van der Waals surface area (Å²) in [6.45, 7) is 2.11. The summed E-state index contributed by atoms with van der Waals surface area (Å²) >= 11 is 12.5. The Kier molecular flexibility index (Phi) is 3.28. The third-order valence-electron chi connectivity index (χ3n) is 2.43. The van der Waals surface area contributed by atoms with Crippen molar-refractivity contribution in [2.75, 3.05) is 0 Å². The van der Waals surface area contributed by atoms with Crippen LogP contribution in [0.5, 0.6) is 0 Å². The zero-order valence-electron chi connectivity index (χ0n) is 6.87. The molecule has 0 heterocycles. The van der Waals surface area contributed by atoms with Crippen LogP contribution in [0.25, 0.3) is 0 Å². The van der Waals surface area contributed by atoms with Gasteiger partial charge in [0, 0.05) is 0 Å². The van der Waals surface area contributed by atoms with E-state index in [2.05, 4.69) is 38.8 Å². The Balaban J connectivity index is 2.60. The highest BCUT2D eigenvalue weighted by Crippen LogP contribution is 2.69. The molecule has 0 aromatic carbocycles. The Morgan fingerprint density at radius 1 is 1.58 bits per heavy atom. The molecule has 1 unspecified atom stereocenters. The molecule has 0 N–H and O–H groups in total. The molecule has 0 amide bonds. The highest BCUT2D eigenvalue weighted by molar-refractivity contribution is 9.25. The fourth-order valence-corrected chi connectivity index (χ4v) is 3.66. The average molecular weight is 318 g/mol. The molecule has 1 nitrogen and oxygen atoms in total. The van der Waals surface area contributed by atoms with E-state index < -0.39 is 0 Å². The summed E-state index contributed by atoms with van der Waals surface area (Å²) in [6, 6.07) is 0. The molecule has 1 rings (SSSR count). The van der Waals surface area contributed by atoms with E-state index in [0.29, 0.717) is 0 Å². The monoisotopic (exact) mass is 316 g/mol. The number of carbonyl (C=O) groups is 1. The molecule has 0 radical (unpaired) electrons. The Morgan fingerprint density at radius 3 is 2.33 bits per heavy atom. The van der Waals surface area contributed by atoms with Crippen molar-refractivity contribution < 1.29 is 4.79 Å². The van der Waals surface area contributed by atoms with Crippen molar-refractivity contribution >= 4 is 48.7 Å². The third kappa shape index (κ3) is 1.73. The summed E-state index contributed by atoms with van der Waals surface area (Å²) in [5.41, 5.74) is -0.343. The molecule has 1 aliphatic rings. The predicted molar refractivity (Wildman–Crippen MR) is 58.0 cm³/mol. The second-order valence-corrected chi connectivity index (χ2v) is 7.46. The molecular weight excluding hydrogens is 307 g/mol. The first kappa shape index (κ1) is 11.0. The number of unbranched alkanes of at least 4 members (excludes halogenated alkanes) is 1. The maximum Gasteiger partial charge on any atom is 0.230 e. The van der Waals surface area contributed by atoms with Crippen LogP contribution in [-0.2, 0) is 4.79 Å². The van der Waals surface area contributed by atoms with Crippen LogP contribution in [0.1, 0.15) is 32.6 Å². The van der Waals surface area contributed by atoms with Gasteiger partial charge in [0.2, 0.25) is 5.24 Å². The molecule has 0 bridgehead atoms. The SMILES string of the molecule is CCCCC1(C(=O)Cl)CC1(Br)Br. The van der Waals surface area contributed by atoms with Crippen molar-refractivity contribution in [3.63, 3.8) is 0 Å². The largest absolute Gasteiger partial charge is 0.281 e. The molecule has 1 saturated carbocycles. The molecule has 0 aliphatic heterocycles. The summed E-state index contributed by atoms with van der Waals surface area (Å²) in [6.07, 6.45) is 3.84. The number of hydrogen-bond acceptors (Lipinski definition) is 1. The minimum atomic E-state index is -0.343. The normalized spacial score (nSPS) is 31.7. The lowest BCUT2D eigenvalue weighted by Gasteiger charge is -2.12. The average Bonchev–Trinajstić information content (AvgIpc) is 2.51. The molecule has 0 spiro atoms. The number of alkyl halides is 2. The van der Waals surface area contributed by atoms with E-state index in [0.717, 1.165) is 25.7 Å². The van der Waals surface area contributed by atoms with Gasteiger partial charge in [0.05, 0.1) is 8.65 Å². The Morgan fingerprint density at radius 2 is 2.08 bits per heavy atom. The fourth-order valence-electron chi connectivity index (χ4n) is 1.40. The van der Waals surface area contributed by atoms with E-state index in [1.165, 1.54) is 0 Å². The van der Waals surface area contributed by atoms with Gasteiger partial charge in [-0.1, -0.05) is 51.6 Å². The zero-order valence-corrected chi connectivity index (χ0v) is 10.8. The summed E-state index contributed by atoms with van der Waals surface area (Å²) in [7, 11) is 0. The summed E-state index contributed by atoms with van der Waals surface area (Å²) in [5, 5.41) is -0.218. The minimum Gasteiger partial charge on any atom is -0.281 e. The van der Waals surface area contributed by atoms with E-state index in [1.54, 1.807) is 0 Å². The van der Waals surface area contributed by atoms with Crippen LogP contribution >= 0.6 is 43.5 Å². The second kappa shape index (κ2) is 3.58. The lowest BCUT2D eigenvalue weighted by Crippen LogP contribution is -2.16. The van der Waals surface area contributed by atoms with Crippen molar-refractivity contribution in [1.29, 1.82) is 0 Å². The lowest BCUT2D eigenvalue weighted by molar-refractivity contribution is -0.116. The van der Waals surface area contributed by atoms with Crippen molar-refractivity contribution in [1.82, 2.24) is 0 Å². The highest BCUT2D eigenvalue weighted by atomic mass is 79.9. The van der Waals surface area contributed by atoms with Gasteiger partial charge in [0.15, 0.2) is 0 Å². The number of rotatable bonds is 4. The first-order valence-electron chi connectivity index (χ1n) is 4.04. The van der Waals surface area contributed by atoms with E-state index in [9.17, 15) is 4.79 Å². The minimum absolute atomic E-state index is 0.218. The molecule has 1 fully saturated rings. The summed E-state index contributed by atoms with van der Waals surface area (Å²) in [4.78, 5) is 11.2. The molecule has 0 aromatic heterocycles. The molecule has 12 heavy (non-hydrogen) atoms. The van der Waals surface area contributed by atoms with E-state index in [-0.39, 0.29) is 13.9 Å². The smallest absolute Gasteiger partial charge is 0.230 e. The van der Waals surface area contributed by atoms with Crippen LogP contribution in [0.4, 0.5) is 0 Å². The van der Waals surface area contributed by atoms with Gasteiger partial charge in [0.25, 0.3) is 0 Å². The van der Waals surface area contributed by atoms with Crippen molar-refractivity contribution in [2.45, 2.75) is 35.8 Å². The van der Waals surface area contributed by atoms with Crippen LogP contribution in [-0.4, -0.2) is 8.48 Å². The molecule has 1 atom stereocenters. The van der Waals surface area contributed by atoms with E-state index >= 15 is 0 Å². The standard InChI is InChI=1S/C8H11Br2ClO/c1-2-3-4-7(6(11)12)5-8(7,9)10/h2-5H2,1H3. The van der Waals surface area contributed by atoms with Crippen LogP contribution in [0, 0.1) is 5.41 Å². The molecule has 1 aliphatic carbocycles. The van der Waals surface area contributed by atoms with Crippen molar-refractivity contribution in [3.05, 3.63) is 0 Å². The second-order valence-electron chi connectivity index (χ2n) is 3.34. The highest BCUT2D eigenvalue weighted by Gasteiger charge is 2.68. The Bertz CT molecular complexity index is 205. The molecule has 4 heteroatoms. The third-order valence-corrected chi connectivity index (χ3v) is 4.87. The Hall–Kier alpha value is 0.920. The first-order valence-corrected chi connectivity index (χ1v) is 6.00. The van der Waals surface area contributed by atoms with Gasteiger partial charge < -0.3 is 0 Å². The van der Waals surface area contributed by atoms with Gasteiger partial charge in [-0.25, -0.2) is 0 Å². The van der Waals surface area contributed by atoms with E-state index in [1.807, 2.05) is 0 Å². The predicted octanol–water partition coefficient (Wildman–Crippen LogP) is 3.82. The number of carbonyl (C=O) groups excluding carboxylic acids is 1. The fraction of sp³-hybridized carbons (Fsp3) is 0.875. The maximum absolute atomic E-state index is 11.2. The van der Waals surface area contributed by atoms with Crippen LogP contribution in [0.15, 0.2) is 0 Å².